The summed E-state index contributed by atoms with van der Waals surface area (Å²) in [5.41, 5.74) is 3.43. The number of rotatable bonds is 1. The first-order valence-electron chi connectivity index (χ1n) is 6.50. The summed E-state index contributed by atoms with van der Waals surface area (Å²) in [5.74, 6) is 0.322. The number of carbonyl (C=O) groups excluding carboxylic acids is 1. The molecule has 19 heavy (non-hydrogen) atoms. The predicted molar refractivity (Wildman–Crippen MR) is 69.5 cm³/mol. The fraction of sp³-hybridized carbons (Fsp3) is 0.462. The van der Waals surface area contributed by atoms with Crippen LogP contribution >= 0.6 is 0 Å². The van der Waals surface area contributed by atoms with Crippen LogP contribution in [0.5, 0.6) is 0 Å². The van der Waals surface area contributed by atoms with Gasteiger partial charge in [-0.2, -0.15) is 10.4 Å². The third kappa shape index (κ3) is 2.08. The topological polar surface area (TPSA) is 71.7 Å². The minimum absolute atomic E-state index is 0.0569. The van der Waals surface area contributed by atoms with E-state index in [1.165, 1.54) is 6.42 Å². The third-order valence-electron chi connectivity index (χ3n) is 3.55. The number of nitrogens with one attached hydrogen (secondary N) is 1. The SMILES string of the molecule is N#CC1=CN2C(C(=O)N3CCCCC3)=NNC2C=C1. The van der Waals surface area contributed by atoms with E-state index in [4.69, 9.17) is 5.26 Å². The van der Waals surface area contributed by atoms with Gasteiger partial charge in [-0.05, 0) is 31.4 Å². The van der Waals surface area contributed by atoms with E-state index in [2.05, 4.69) is 16.6 Å². The molecule has 6 nitrogen and oxygen atoms in total. The van der Waals surface area contributed by atoms with Crippen LogP contribution in [0.1, 0.15) is 19.3 Å². The van der Waals surface area contributed by atoms with Gasteiger partial charge in [0.05, 0.1) is 5.57 Å². The van der Waals surface area contributed by atoms with Crippen LogP contribution in [0.3, 0.4) is 0 Å². The average molecular weight is 257 g/mol. The first-order valence-corrected chi connectivity index (χ1v) is 6.50. The Kier molecular flexibility index (Phi) is 2.95. The maximum Gasteiger partial charge on any atom is 0.291 e. The second-order valence-corrected chi connectivity index (χ2v) is 4.82. The number of fused-ring (bicyclic) bond motifs is 1. The van der Waals surface area contributed by atoms with Crippen LogP contribution in [-0.2, 0) is 4.79 Å². The summed E-state index contributed by atoms with van der Waals surface area (Å²) in [5, 5.41) is 13.1. The molecule has 0 aromatic rings. The van der Waals surface area contributed by atoms with Crippen LogP contribution in [0.2, 0.25) is 0 Å². The summed E-state index contributed by atoms with van der Waals surface area (Å²) < 4.78 is 0. The summed E-state index contributed by atoms with van der Waals surface area (Å²) >= 11 is 0. The average Bonchev–Trinajstić information content (AvgIpc) is 2.90. The van der Waals surface area contributed by atoms with Crippen molar-refractivity contribution in [3.63, 3.8) is 0 Å². The summed E-state index contributed by atoms with van der Waals surface area (Å²) in [4.78, 5) is 16.0. The number of piperidine rings is 1. The van der Waals surface area contributed by atoms with Gasteiger partial charge < -0.3 is 4.90 Å². The molecule has 1 atom stereocenters. The molecule has 1 amide bonds. The number of amidine groups is 1. The molecule has 1 unspecified atom stereocenters. The minimum atomic E-state index is -0.152. The highest BCUT2D eigenvalue weighted by Crippen LogP contribution is 2.19. The Bertz CT molecular complexity index is 522. The van der Waals surface area contributed by atoms with Gasteiger partial charge in [0.2, 0.25) is 5.84 Å². The fourth-order valence-corrected chi connectivity index (χ4v) is 2.51. The van der Waals surface area contributed by atoms with Crippen LogP contribution in [-0.4, -0.2) is 40.8 Å². The Hall–Kier alpha value is -2.29. The highest BCUT2D eigenvalue weighted by molar-refractivity contribution is 6.38. The number of nitrogens with zero attached hydrogens (tertiary/aromatic N) is 4. The lowest BCUT2D eigenvalue weighted by molar-refractivity contribution is -0.125. The van der Waals surface area contributed by atoms with E-state index in [9.17, 15) is 4.79 Å². The lowest BCUT2D eigenvalue weighted by atomic mass is 10.1. The van der Waals surface area contributed by atoms with Gasteiger partial charge in [-0.25, -0.2) is 0 Å². The molecule has 0 bridgehead atoms. The molecule has 98 valence electrons. The zero-order valence-electron chi connectivity index (χ0n) is 10.5. The van der Waals surface area contributed by atoms with E-state index in [0.717, 1.165) is 25.9 Å². The number of hydrazone groups is 1. The van der Waals surface area contributed by atoms with Crippen molar-refractivity contribution in [1.29, 1.82) is 5.26 Å². The molecule has 6 heteroatoms. The van der Waals surface area contributed by atoms with Crippen molar-refractivity contribution >= 4 is 11.7 Å². The van der Waals surface area contributed by atoms with E-state index >= 15 is 0 Å². The van der Waals surface area contributed by atoms with Crippen molar-refractivity contribution in [3.05, 3.63) is 23.9 Å². The largest absolute Gasteiger partial charge is 0.336 e. The number of likely N-dealkylation sites (tertiary alicyclic amines) is 1. The van der Waals surface area contributed by atoms with E-state index in [1.54, 1.807) is 17.2 Å². The van der Waals surface area contributed by atoms with E-state index in [-0.39, 0.29) is 12.1 Å². The van der Waals surface area contributed by atoms with E-state index in [0.29, 0.717) is 11.4 Å². The van der Waals surface area contributed by atoms with Gasteiger partial charge in [0, 0.05) is 19.3 Å². The quantitative estimate of drug-likeness (QED) is 0.743. The van der Waals surface area contributed by atoms with Gasteiger partial charge in [0.15, 0.2) is 0 Å². The molecule has 0 spiro atoms. The molecule has 1 saturated heterocycles. The lowest BCUT2D eigenvalue weighted by Gasteiger charge is -2.29. The molecule has 0 saturated carbocycles. The first kappa shape index (κ1) is 11.8. The molecular formula is C13H15N5O. The molecule has 3 rings (SSSR count). The van der Waals surface area contributed by atoms with Gasteiger partial charge in [0.25, 0.3) is 5.91 Å². The lowest BCUT2D eigenvalue weighted by Crippen LogP contribution is -2.46. The molecule has 3 aliphatic heterocycles. The standard InChI is InChI=1S/C13H15N5O/c14-8-10-4-5-11-15-16-12(18(11)9-10)13(19)17-6-2-1-3-7-17/h4-5,9,11,15H,1-3,6-7H2. The maximum absolute atomic E-state index is 12.4. The van der Waals surface area contributed by atoms with E-state index < -0.39 is 0 Å². The number of hydrogen-bond donors (Lipinski definition) is 1. The number of hydrogen-bond acceptors (Lipinski definition) is 5. The Morgan fingerprint density at radius 2 is 2.21 bits per heavy atom. The van der Waals surface area contributed by atoms with Crippen molar-refractivity contribution in [2.24, 2.45) is 5.10 Å². The molecule has 0 aromatic heterocycles. The highest BCUT2D eigenvalue weighted by atomic mass is 16.2. The van der Waals surface area contributed by atoms with Crippen LogP contribution in [0, 0.1) is 11.3 Å². The van der Waals surface area contributed by atoms with Crippen molar-refractivity contribution < 1.29 is 4.79 Å². The molecular weight excluding hydrogens is 242 g/mol. The molecule has 0 aromatic carbocycles. The number of allylic oxidation sites excluding steroid dienone is 2. The normalized spacial score (nSPS) is 25.1. The van der Waals surface area contributed by atoms with Crippen LogP contribution in [0.15, 0.2) is 29.0 Å². The second kappa shape index (κ2) is 4.76. The number of carbonyl (C=O) groups is 1. The highest BCUT2D eigenvalue weighted by Gasteiger charge is 2.34. The zero-order chi connectivity index (χ0) is 13.2. The summed E-state index contributed by atoms with van der Waals surface area (Å²) in [6.45, 7) is 1.59. The van der Waals surface area contributed by atoms with Gasteiger partial charge in [-0.3, -0.25) is 15.1 Å². The predicted octanol–water partition coefficient (Wildman–Crippen LogP) is 0.521. The van der Waals surface area contributed by atoms with Crippen molar-refractivity contribution in [2.75, 3.05) is 13.1 Å². The molecule has 0 radical (unpaired) electrons. The fourth-order valence-electron chi connectivity index (χ4n) is 2.51. The smallest absolute Gasteiger partial charge is 0.291 e. The molecule has 1 N–H and O–H groups in total. The number of nitriles is 1. The number of amides is 1. The van der Waals surface area contributed by atoms with Crippen LogP contribution in [0.25, 0.3) is 0 Å². The van der Waals surface area contributed by atoms with Gasteiger partial charge in [-0.15, -0.1) is 0 Å². The molecule has 3 aliphatic rings. The Labute approximate surface area is 111 Å². The monoisotopic (exact) mass is 257 g/mol. The maximum atomic E-state index is 12.4. The second-order valence-electron chi connectivity index (χ2n) is 4.82. The summed E-state index contributed by atoms with van der Waals surface area (Å²) in [7, 11) is 0. The summed E-state index contributed by atoms with van der Waals surface area (Å²) in [6.07, 6.45) is 8.37. The first-order chi connectivity index (χ1) is 9.29. The zero-order valence-corrected chi connectivity index (χ0v) is 10.5. The van der Waals surface area contributed by atoms with E-state index in [1.807, 2.05) is 11.0 Å². The van der Waals surface area contributed by atoms with Gasteiger partial charge in [-0.1, -0.05) is 0 Å². The third-order valence-corrected chi connectivity index (χ3v) is 3.55. The van der Waals surface area contributed by atoms with Crippen LogP contribution in [0.4, 0.5) is 0 Å². The van der Waals surface area contributed by atoms with Gasteiger partial charge >= 0.3 is 0 Å². The Morgan fingerprint density at radius 3 is 2.95 bits per heavy atom. The molecule has 1 fully saturated rings. The van der Waals surface area contributed by atoms with Crippen molar-refractivity contribution in [2.45, 2.75) is 25.4 Å². The van der Waals surface area contributed by atoms with Crippen molar-refractivity contribution in [3.8, 4) is 6.07 Å². The Morgan fingerprint density at radius 1 is 1.42 bits per heavy atom. The van der Waals surface area contributed by atoms with Gasteiger partial charge in [0.1, 0.15) is 12.2 Å². The minimum Gasteiger partial charge on any atom is -0.336 e. The Balaban J connectivity index is 1.78. The van der Waals surface area contributed by atoms with Crippen molar-refractivity contribution in [1.82, 2.24) is 15.2 Å². The van der Waals surface area contributed by atoms with Crippen LogP contribution < -0.4 is 5.43 Å². The molecule has 0 aliphatic carbocycles. The summed E-state index contributed by atoms with van der Waals surface area (Å²) in [6, 6.07) is 2.08. The molecule has 3 heterocycles.